The van der Waals surface area contributed by atoms with Gasteiger partial charge in [0.2, 0.25) is 0 Å². The number of nitrogen functional groups attached to an aromatic ring is 1. The van der Waals surface area contributed by atoms with Crippen LogP contribution in [-0.2, 0) is 11.3 Å². The molecule has 0 aliphatic heterocycles. The van der Waals surface area contributed by atoms with Crippen molar-refractivity contribution < 1.29 is 9.53 Å². The molecule has 1 aromatic heterocycles. The number of hydrogen-bond acceptors (Lipinski definition) is 5. The molecule has 0 saturated carbocycles. The van der Waals surface area contributed by atoms with E-state index in [1.807, 2.05) is 25.1 Å². The lowest BCUT2D eigenvalue weighted by Gasteiger charge is -2.09. The Morgan fingerprint density at radius 3 is 2.90 bits per heavy atom. The van der Waals surface area contributed by atoms with E-state index in [0.717, 1.165) is 5.56 Å². The van der Waals surface area contributed by atoms with Gasteiger partial charge in [0.15, 0.2) is 0 Å². The Morgan fingerprint density at radius 2 is 2.20 bits per heavy atom. The normalized spacial score (nSPS) is 10.1. The Morgan fingerprint density at radius 1 is 1.40 bits per heavy atom. The lowest BCUT2D eigenvalue weighted by atomic mass is 10.1. The highest BCUT2D eigenvalue weighted by molar-refractivity contribution is 5.95. The van der Waals surface area contributed by atoms with Crippen LogP contribution in [0.3, 0.4) is 0 Å². The summed E-state index contributed by atoms with van der Waals surface area (Å²) in [6.45, 7) is 2.67. The van der Waals surface area contributed by atoms with Crippen molar-refractivity contribution in [2.45, 2.75) is 13.5 Å². The molecule has 104 valence electrons. The monoisotopic (exact) mass is 271 g/mol. The van der Waals surface area contributed by atoms with Crippen LogP contribution >= 0.6 is 0 Å². The number of nitrogens with two attached hydrogens (primary N) is 1. The number of ether oxygens (including phenoxy) is 1. The molecule has 0 radical (unpaired) electrons. The zero-order valence-electron chi connectivity index (χ0n) is 11.5. The average Bonchev–Trinajstić information content (AvgIpc) is 2.45. The molecule has 5 heteroatoms. The van der Waals surface area contributed by atoms with Crippen molar-refractivity contribution in [3.63, 3.8) is 0 Å². The number of hydrogen-bond donors (Lipinski definition) is 2. The fourth-order valence-electron chi connectivity index (χ4n) is 1.86. The molecule has 5 nitrogen and oxygen atoms in total. The predicted octanol–water partition coefficient (Wildman–Crippen LogP) is 2.37. The van der Waals surface area contributed by atoms with E-state index in [2.05, 4.69) is 21.1 Å². The molecular formula is C15H17N3O2. The van der Waals surface area contributed by atoms with Gasteiger partial charge in [0.25, 0.3) is 0 Å². The predicted molar refractivity (Wildman–Crippen MR) is 78.5 cm³/mol. The Hall–Kier alpha value is -2.56. The topological polar surface area (TPSA) is 77.2 Å². The molecule has 0 atom stereocenters. The molecule has 1 aromatic carbocycles. The third-order valence-corrected chi connectivity index (χ3v) is 2.90. The zero-order valence-corrected chi connectivity index (χ0v) is 11.5. The van der Waals surface area contributed by atoms with Crippen LogP contribution in [0.2, 0.25) is 0 Å². The molecule has 0 amide bonds. The van der Waals surface area contributed by atoms with Gasteiger partial charge < -0.3 is 15.8 Å². The lowest BCUT2D eigenvalue weighted by molar-refractivity contribution is 0.0602. The highest BCUT2D eigenvalue weighted by Crippen LogP contribution is 2.16. The van der Waals surface area contributed by atoms with Gasteiger partial charge in [0.1, 0.15) is 5.82 Å². The van der Waals surface area contributed by atoms with E-state index in [1.165, 1.54) is 18.9 Å². The van der Waals surface area contributed by atoms with Gasteiger partial charge in [-0.15, -0.1) is 0 Å². The van der Waals surface area contributed by atoms with Crippen LogP contribution in [0.25, 0.3) is 0 Å². The van der Waals surface area contributed by atoms with E-state index in [4.69, 9.17) is 5.73 Å². The van der Waals surface area contributed by atoms with Gasteiger partial charge in [0.05, 0.1) is 24.6 Å². The maximum atomic E-state index is 11.5. The number of benzene rings is 1. The van der Waals surface area contributed by atoms with E-state index in [1.54, 1.807) is 6.07 Å². The summed E-state index contributed by atoms with van der Waals surface area (Å²) >= 11 is 0. The zero-order chi connectivity index (χ0) is 14.5. The number of anilines is 2. The molecule has 0 aliphatic rings. The highest BCUT2D eigenvalue weighted by atomic mass is 16.5. The molecule has 0 unspecified atom stereocenters. The number of pyridine rings is 1. The quantitative estimate of drug-likeness (QED) is 0.835. The Balaban J connectivity index is 2.12. The van der Waals surface area contributed by atoms with Crippen LogP contribution in [0.1, 0.15) is 21.5 Å². The third-order valence-electron chi connectivity index (χ3n) is 2.90. The molecule has 0 fully saturated rings. The summed E-state index contributed by atoms with van der Waals surface area (Å²) in [4.78, 5) is 15.7. The number of aryl methyl sites for hydroxylation is 1. The molecule has 0 saturated heterocycles. The summed E-state index contributed by atoms with van der Waals surface area (Å²) < 4.78 is 4.68. The van der Waals surface area contributed by atoms with Crippen molar-refractivity contribution in [1.29, 1.82) is 0 Å². The first kappa shape index (κ1) is 13.9. The SMILES string of the molecule is COC(=O)c1cc(NCc2cccc(C)c2)ncc1N. The molecule has 0 bridgehead atoms. The van der Waals surface area contributed by atoms with Gasteiger partial charge >= 0.3 is 5.97 Å². The number of carbonyl (C=O) groups excluding carboxylic acids is 1. The van der Waals surface area contributed by atoms with Crippen LogP contribution in [0.4, 0.5) is 11.5 Å². The first-order valence-electron chi connectivity index (χ1n) is 6.23. The van der Waals surface area contributed by atoms with Crippen molar-refractivity contribution in [1.82, 2.24) is 4.98 Å². The maximum Gasteiger partial charge on any atom is 0.340 e. The number of esters is 1. The van der Waals surface area contributed by atoms with Gasteiger partial charge in [0, 0.05) is 6.54 Å². The standard InChI is InChI=1S/C15H17N3O2/c1-10-4-3-5-11(6-10)8-17-14-7-12(15(19)20-2)13(16)9-18-14/h3-7,9H,8,16H2,1-2H3,(H,17,18). The van der Waals surface area contributed by atoms with Gasteiger partial charge in [-0.2, -0.15) is 0 Å². The van der Waals surface area contributed by atoms with Crippen molar-refractivity contribution in [2.24, 2.45) is 0 Å². The summed E-state index contributed by atoms with van der Waals surface area (Å²) in [6, 6.07) is 9.75. The molecule has 2 aromatic rings. The van der Waals surface area contributed by atoms with E-state index in [-0.39, 0.29) is 0 Å². The van der Waals surface area contributed by atoms with E-state index in [0.29, 0.717) is 23.6 Å². The van der Waals surface area contributed by atoms with Crippen molar-refractivity contribution in [3.05, 3.63) is 53.2 Å². The summed E-state index contributed by atoms with van der Waals surface area (Å²) in [6.07, 6.45) is 1.45. The number of nitrogens with one attached hydrogen (secondary N) is 1. The smallest absolute Gasteiger partial charge is 0.340 e. The number of carbonyl (C=O) groups is 1. The van der Waals surface area contributed by atoms with Crippen LogP contribution < -0.4 is 11.1 Å². The van der Waals surface area contributed by atoms with Gasteiger partial charge in [-0.1, -0.05) is 29.8 Å². The van der Waals surface area contributed by atoms with Crippen LogP contribution in [-0.4, -0.2) is 18.1 Å². The number of rotatable bonds is 4. The second-order valence-corrected chi connectivity index (χ2v) is 4.49. The summed E-state index contributed by atoms with van der Waals surface area (Å²) in [5.74, 6) is 0.115. The first-order valence-corrected chi connectivity index (χ1v) is 6.23. The van der Waals surface area contributed by atoms with Crippen LogP contribution in [0.5, 0.6) is 0 Å². The van der Waals surface area contributed by atoms with Crippen molar-refractivity contribution >= 4 is 17.5 Å². The molecule has 3 N–H and O–H groups in total. The summed E-state index contributed by atoms with van der Waals surface area (Å²) in [7, 11) is 1.32. The Labute approximate surface area is 117 Å². The van der Waals surface area contributed by atoms with Crippen molar-refractivity contribution in [3.8, 4) is 0 Å². The van der Waals surface area contributed by atoms with Crippen LogP contribution in [0, 0.1) is 6.92 Å². The van der Waals surface area contributed by atoms with E-state index in [9.17, 15) is 4.79 Å². The Kier molecular flexibility index (Phi) is 4.20. The second-order valence-electron chi connectivity index (χ2n) is 4.49. The highest BCUT2D eigenvalue weighted by Gasteiger charge is 2.11. The molecule has 1 heterocycles. The number of methoxy groups -OCH3 is 1. The van der Waals surface area contributed by atoms with Crippen molar-refractivity contribution in [2.75, 3.05) is 18.2 Å². The summed E-state index contributed by atoms with van der Waals surface area (Å²) in [5, 5.41) is 3.16. The van der Waals surface area contributed by atoms with E-state index < -0.39 is 5.97 Å². The minimum absolute atomic E-state index is 0.304. The fraction of sp³-hybridized carbons (Fsp3) is 0.200. The number of nitrogens with zero attached hydrogens (tertiary/aromatic N) is 1. The largest absolute Gasteiger partial charge is 0.465 e. The van der Waals surface area contributed by atoms with Gasteiger partial charge in [-0.3, -0.25) is 0 Å². The molecular weight excluding hydrogens is 254 g/mol. The molecule has 0 spiro atoms. The third kappa shape index (κ3) is 3.26. The molecule has 2 rings (SSSR count). The lowest BCUT2D eigenvalue weighted by Crippen LogP contribution is -2.09. The number of aromatic nitrogens is 1. The van der Waals surface area contributed by atoms with Gasteiger partial charge in [-0.25, -0.2) is 9.78 Å². The minimum atomic E-state index is -0.469. The second kappa shape index (κ2) is 6.06. The average molecular weight is 271 g/mol. The van der Waals surface area contributed by atoms with Crippen LogP contribution in [0.15, 0.2) is 36.5 Å². The Bertz CT molecular complexity index is 626. The fourth-order valence-corrected chi connectivity index (χ4v) is 1.86. The molecule has 20 heavy (non-hydrogen) atoms. The summed E-state index contributed by atoms with van der Waals surface area (Å²) in [5.41, 5.74) is 8.66. The minimum Gasteiger partial charge on any atom is -0.465 e. The molecule has 0 aliphatic carbocycles. The first-order chi connectivity index (χ1) is 9.60. The van der Waals surface area contributed by atoms with Gasteiger partial charge in [-0.05, 0) is 18.6 Å². The van der Waals surface area contributed by atoms with E-state index >= 15 is 0 Å². The maximum absolute atomic E-state index is 11.5.